The molecule has 0 radical (unpaired) electrons. The van der Waals surface area contributed by atoms with Crippen LogP contribution in [0.1, 0.15) is 30.1 Å². The largest absolute Gasteiger partial charge is 0.323 e. The molecule has 12 heavy (non-hydrogen) atoms. The maximum Gasteiger partial charge on any atom is 0.213 e. The lowest BCUT2D eigenvalue weighted by Crippen LogP contribution is -2.19. The third-order valence-corrected chi connectivity index (χ3v) is 2.29. The van der Waals surface area contributed by atoms with E-state index in [0.29, 0.717) is 0 Å². The van der Waals surface area contributed by atoms with Crippen molar-refractivity contribution in [3.05, 3.63) is 29.3 Å². The molecular formula is C9H11FN2. The first-order valence-corrected chi connectivity index (χ1v) is 4.18. The molecule has 64 valence electrons. The number of halogens is 1. The molecule has 1 atom stereocenters. The summed E-state index contributed by atoms with van der Waals surface area (Å²) in [5.74, 6) is -0.425. The van der Waals surface area contributed by atoms with E-state index in [0.717, 1.165) is 30.5 Å². The highest BCUT2D eigenvalue weighted by Crippen LogP contribution is 2.25. The number of rotatable bonds is 0. The molecule has 0 saturated heterocycles. The minimum atomic E-state index is -0.425. The summed E-state index contributed by atoms with van der Waals surface area (Å²) < 4.78 is 12.7. The summed E-state index contributed by atoms with van der Waals surface area (Å²) in [6.07, 6.45) is 2.99. The lowest BCUT2D eigenvalue weighted by Gasteiger charge is -2.20. The van der Waals surface area contributed by atoms with Crippen LogP contribution >= 0.6 is 0 Å². The zero-order chi connectivity index (χ0) is 8.55. The molecule has 3 heteroatoms. The van der Waals surface area contributed by atoms with Gasteiger partial charge in [-0.1, -0.05) is 6.07 Å². The molecule has 1 aromatic heterocycles. The summed E-state index contributed by atoms with van der Waals surface area (Å²) in [4.78, 5) is 3.80. The molecule has 1 aliphatic rings. The highest BCUT2D eigenvalue weighted by Gasteiger charge is 2.18. The van der Waals surface area contributed by atoms with Crippen LogP contribution in [-0.2, 0) is 6.42 Å². The van der Waals surface area contributed by atoms with Gasteiger partial charge in [0.05, 0.1) is 5.69 Å². The zero-order valence-corrected chi connectivity index (χ0v) is 6.76. The van der Waals surface area contributed by atoms with E-state index in [-0.39, 0.29) is 6.04 Å². The molecule has 2 nitrogen and oxygen atoms in total. The average Bonchev–Trinajstić information content (AvgIpc) is 2.07. The van der Waals surface area contributed by atoms with Crippen LogP contribution in [-0.4, -0.2) is 4.98 Å². The molecule has 1 aliphatic carbocycles. The van der Waals surface area contributed by atoms with Crippen molar-refractivity contribution in [3.8, 4) is 0 Å². The molecule has 0 aliphatic heterocycles. The van der Waals surface area contributed by atoms with Gasteiger partial charge in [-0.15, -0.1) is 0 Å². The summed E-state index contributed by atoms with van der Waals surface area (Å²) in [5, 5.41) is 0. The van der Waals surface area contributed by atoms with Gasteiger partial charge < -0.3 is 5.73 Å². The Morgan fingerprint density at radius 3 is 3.17 bits per heavy atom. The molecule has 0 bridgehead atoms. The van der Waals surface area contributed by atoms with Crippen molar-refractivity contribution in [2.75, 3.05) is 0 Å². The van der Waals surface area contributed by atoms with Crippen LogP contribution in [0.25, 0.3) is 0 Å². The smallest absolute Gasteiger partial charge is 0.213 e. The first kappa shape index (κ1) is 7.68. The number of nitrogens with zero attached hydrogens (tertiary/aromatic N) is 1. The van der Waals surface area contributed by atoms with Gasteiger partial charge in [0.15, 0.2) is 0 Å². The van der Waals surface area contributed by atoms with Crippen molar-refractivity contribution >= 4 is 0 Å². The second-order valence-electron chi connectivity index (χ2n) is 3.18. The quantitative estimate of drug-likeness (QED) is 0.594. The summed E-state index contributed by atoms with van der Waals surface area (Å²) >= 11 is 0. The van der Waals surface area contributed by atoms with Gasteiger partial charge in [-0.3, -0.25) is 0 Å². The van der Waals surface area contributed by atoms with E-state index in [4.69, 9.17) is 5.73 Å². The molecule has 2 N–H and O–H groups in total. The topological polar surface area (TPSA) is 38.9 Å². The molecule has 0 aromatic carbocycles. The van der Waals surface area contributed by atoms with Crippen molar-refractivity contribution in [3.63, 3.8) is 0 Å². The third-order valence-electron chi connectivity index (χ3n) is 2.29. The maximum absolute atomic E-state index is 12.7. The second kappa shape index (κ2) is 2.83. The Hall–Kier alpha value is -0.960. The highest BCUT2D eigenvalue weighted by atomic mass is 19.1. The van der Waals surface area contributed by atoms with E-state index in [1.807, 2.05) is 0 Å². The van der Waals surface area contributed by atoms with Gasteiger partial charge in [0.2, 0.25) is 5.95 Å². The van der Waals surface area contributed by atoms with Gasteiger partial charge >= 0.3 is 0 Å². The minimum absolute atomic E-state index is 0.0653. The fourth-order valence-electron chi connectivity index (χ4n) is 1.66. The lowest BCUT2D eigenvalue weighted by atomic mass is 9.93. The van der Waals surface area contributed by atoms with Gasteiger partial charge in [-0.25, -0.2) is 4.98 Å². The van der Waals surface area contributed by atoms with Crippen molar-refractivity contribution < 1.29 is 4.39 Å². The minimum Gasteiger partial charge on any atom is -0.323 e. The molecule has 0 spiro atoms. The summed E-state index contributed by atoms with van der Waals surface area (Å²) in [6, 6.07) is 3.12. The monoisotopic (exact) mass is 166 g/mol. The Morgan fingerprint density at radius 1 is 1.50 bits per heavy atom. The van der Waals surface area contributed by atoms with E-state index in [9.17, 15) is 4.39 Å². The first-order chi connectivity index (χ1) is 5.77. The molecule has 0 amide bonds. The molecule has 1 aromatic rings. The molecular weight excluding hydrogens is 155 g/mol. The van der Waals surface area contributed by atoms with Crippen LogP contribution < -0.4 is 5.73 Å². The molecule has 2 rings (SSSR count). The summed E-state index contributed by atoms with van der Waals surface area (Å²) in [7, 11) is 0. The van der Waals surface area contributed by atoms with E-state index in [1.54, 1.807) is 6.07 Å². The Bertz CT molecular complexity index is 299. The average molecular weight is 166 g/mol. The molecule has 1 unspecified atom stereocenters. The molecule has 1 heterocycles. The van der Waals surface area contributed by atoms with Crippen molar-refractivity contribution in [1.82, 2.24) is 4.98 Å². The summed E-state index contributed by atoms with van der Waals surface area (Å²) in [6.45, 7) is 0. The van der Waals surface area contributed by atoms with E-state index in [1.165, 1.54) is 6.07 Å². The lowest BCUT2D eigenvalue weighted by molar-refractivity contribution is 0.517. The fraction of sp³-hybridized carbons (Fsp3) is 0.444. The Kier molecular flexibility index (Phi) is 1.81. The van der Waals surface area contributed by atoms with Crippen LogP contribution in [0.5, 0.6) is 0 Å². The van der Waals surface area contributed by atoms with Gasteiger partial charge in [0.1, 0.15) is 0 Å². The first-order valence-electron chi connectivity index (χ1n) is 4.18. The van der Waals surface area contributed by atoms with Gasteiger partial charge in [0, 0.05) is 6.04 Å². The number of fused-ring (bicyclic) bond motifs is 1. The van der Waals surface area contributed by atoms with E-state index < -0.39 is 5.95 Å². The number of hydrogen-bond donors (Lipinski definition) is 1. The van der Waals surface area contributed by atoms with Crippen molar-refractivity contribution in [2.24, 2.45) is 5.73 Å². The second-order valence-corrected chi connectivity index (χ2v) is 3.18. The number of hydrogen-bond acceptors (Lipinski definition) is 2. The van der Waals surface area contributed by atoms with Crippen LogP contribution in [0, 0.1) is 5.95 Å². The van der Waals surface area contributed by atoms with Gasteiger partial charge in [-0.05, 0) is 30.9 Å². The molecule has 0 fully saturated rings. The van der Waals surface area contributed by atoms with Crippen LogP contribution in [0.2, 0.25) is 0 Å². The predicted molar refractivity (Wildman–Crippen MR) is 44.1 cm³/mol. The zero-order valence-electron chi connectivity index (χ0n) is 6.76. The number of aryl methyl sites for hydroxylation is 1. The fourth-order valence-corrected chi connectivity index (χ4v) is 1.66. The predicted octanol–water partition coefficient (Wildman–Crippen LogP) is 1.56. The Balaban J connectivity index is 2.47. The third kappa shape index (κ3) is 1.20. The normalized spacial score (nSPS) is 22.0. The Labute approximate surface area is 70.6 Å². The SMILES string of the molecule is NC1CCCc2ccc(F)nc21. The number of pyridine rings is 1. The highest BCUT2D eigenvalue weighted by molar-refractivity contribution is 5.25. The molecule has 0 saturated carbocycles. The van der Waals surface area contributed by atoms with E-state index in [2.05, 4.69) is 4.98 Å². The van der Waals surface area contributed by atoms with Crippen molar-refractivity contribution in [1.29, 1.82) is 0 Å². The van der Waals surface area contributed by atoms with E-state index >= 15 is 0 Å². The van der Waals surface area contributed by atoms with Gasteiger partial charge in [0.25, 0.3) is 0 Å². The van der Waals surface area contributed by atoms with Gasteiger partial charge in [-0.2, -0.15) is 4.39 Å². The standard InChI is InChI=1S/C9H11FN2/c10-8-5-4-6-2-1-3-7(11)9(6)12-8/h4-5,7H,1-3,11H2. The number of aromatic nitrogens is 1. The van der Waals surface area contributed by atoms with Crippen LogP contribution in [0.3, 0.4) is 0 Å². The van der Waals surface area contributed by atoms with Crippen molar-refractivity contribution in [2.45, 2.75) is 25.3 Å². The van der Waals surface area contributed by atoms with Crippen LogP contribution in [0.15, 0.2) is 12.1 Å². The Morgan fingerprint density at radius 2 is 2.33 bits per heavy atom. The number of nitrogens with two attached hydrogens (primary N) is 1. The van der Waals surface area contributed by atoms with Crippen LogP contribution in [0.4, 0.5) is 4.39 Å². The maximum atomic E-state index is 12.7. The summed E-state index contributed by atoms with van der Waals surface area (Å²) in [5.41, 5.74) is 7.64.